The number of nitrogens with one attached hydrogen (secondary N) is 12. The summed E-state index contributed by atoms with van der Waals surface area (Å²) >= 11 is 7.88. The summed E-state index contributed by atoms with van der Waals surface area (Å²) in [7, 11) is 7.95. The van der Waals surface area contributed by atoms with Crippen molar-refractivity contribution in [3.63, 3.8) is 0 Å². The van der Waals surface area contributed by atoms with Gasteiger partial charge in [-0.05, 0) is 87.7 Å². The lowest BCUT2D eigenvalue weighted by Gasteiger charge is -2.23. The van der Waals surface area contributed by atoms with Crippen molar-refractivity contribution in [3.8, 4) is 10.8 Å². The van der Waals surface area contributed by atoms with Crippen LogP contribution in [-0.2, 0) is 102 Å². The Morgan fingerprint density at radius 2 is 0.970 bits per heavy atom. The molecule has 0 fully saturated rings. The Bertz CT molecular complexity index is 5710. The molecule has 12 amide bonds. The Balaban J connectivity index is 0.519. The van der Waals surface area contributed by atoms with Gasteiger partial charge in [0.1, 0.15) is 52.7 Å². The van der Waals surface area contributed by atoms with Gasteiger partial charge in [-0.2, -0.15) is 0 Å². The van der Waals surface area contributed by atoms with E-state index in [2.05, 4.69) is 103 Å². The predicted molar refractivity (Wildman–Crippen MR) is 485 cm³/mol. The first-order valence-electron chi connectivity index (χ1n) is 42.5. The Labute approximate surface area is 776 Å². The molecule has 2 aromatic carbocycles. The predicted octanol–water partition coefficient (Wildman–Crippen LogP) is 3.33. The molecular formula is C86H107ClN24O22S. The molecule has 1 aliphatic heterocycles. The number of halogens is 1. The van der Waals surface area contributed by atoms with Gasteiger partial charge in [0.2, 0.25) is 53.0 Å². The number of aliphatic carboxylic acids is 2. The van der Waals surface area contributed by atoms with Crippen LogP contribution in [0.2, 0.25) is 5.02 Å². The van der Waals surface area contributed by atoms with Crippen LogP contribution in [0.5, 0.6) is 5.75 Å². The van der Waals surface area contributed by atoms with Crippen LogP contribution >= 0.6 is 22.9 Å². The molecule has 46 nitrogen and oxygen atoms in total. The van der Waals surface area contributed by atoms with Crippen molar-refractivity contribution in [2.45, 2.75) is 96.7 Å². The second kappa shape index (κ2) is 50.3. The molecule has 8 heterocycles. The lowest BCUT2D eigenvalue weighted by molar-refractivity contribution is -0.139. The number of aromatic nitrogens is 11. The second-order valence-corrected chi connectivity index (χ2v) is 32.1. The molecule has 3 atom stereocenters. The molecule has 9 aromatic rings. The molecule has 0 radical (unpaired) electrons. The van der Waals surface area contributed by atoms with Gasteiger partial charge < -0.3 is 125 Å². The van der Waals surface area contributed by atoms with Gasteiger partial charge in [0.15, 0.2) is 23.3 Å². The molecule has 716 valence electrons. The van der Waals surface area contributed by atoms with E-state index in [0.717, 1.165) is 32.3 Å². The summed E-state index contributed by atoms with van der Waals surface area (Å²) in [5.41, 5.74) is 5.15. The van der Waals surface area contributed by atoms with E-state index in [4.69, 9.17) is 45.0 Å². The zero-order valence-electron chi connectivity index (χ0n) is 74.9. The standard InChI is InChI=1S/C86H107ClN24O22S/c1-50-51(2)134-86-73(50)74(53-9-11-54(87)12-10-53)98-61(75-105-104-52(3)111(75)86)45-70(116)94-55-13-15-58(16-14-55)133-42-41-132-40-37-130-34-30-93-79(121)59(17-19-71(117)118)99-80(122)60(18-20-72(119)120)97-69(115)24-32-128-35-38-131-39-36-129-33-29-88-66(112)21-25-92-83(125)77-102-64(48-109(77)7)100-67(113)22-26-91-82(124)63-44-57(47-108(63)6)96-85(127)78-103-65(49-110(78)8)101-68(114)23-27-90-81(123)62-43-56(46-107(62)5)95-84(126)76-89-28-31-106(76)4/h9-16,28,31,43-44,46-49,59-61H,17-27,29-30,32-42,45H2,1-8H3,(H,88,112)(H,90,123)(H,91,124)(H,92,125)(H,93,121)(H,94,116)(H,95,126)(H,96,127)(H,97,115)(H,99,122)(H,100,113)(H,101,114)(H,117,118)(H,119,120)/t59-,60-,61+/m1/s1. The van der Waals surface area contributed by atoms with Crippen molar-refractivity contribution in [1.29, 1.82) is 0 Å². The number of anilines is 5. The molecule has 134 heavy (non-hydrogen) atoms. The Hall–Kier alpha value is -14.4. The number of hydrogen-bond donors (Lipinski definition) is 14. The Morgan fingerprint density at radius 1 is 0.463 bits per heavy atom. The highest BCUT2D eigenvalue weighted by molar-refractivity contribution is 7.15. The van der Waals surface area contributed by atoms with E-state index in [-0.39, 0.29) is 208 Å². The topological polar surface area (TPSA) is 586 Å². The van der Waals surface area contributed by atoms with Gasteiger partial charge >= 0.3 is 11.9 Å². The molecule has 0 aliphatic carbocycles. The largest absolute Gasteiger partial charge is 0.491 e. The maximum atomic E-state index is 13.7. The van der Waals surface area contributed by atoms with Gasteiger partial charge in [-0.15, -0.1) is 21.5 Å². The highest BCUT2D eigenvalue weighted by atomic mass is 35.5. The maximum absolute atomic E-state index is 13.7. The van der Waals surface area contributed by atoms with Crippen molar-refractivity contribution in [2.75, 3.05) is 132 Å². The van der Waals surface area contributed by atoms with E-state index in [0.29, 0.717) is 33.8 Å². The number of fused-ring (bicyclic) bond motifs is 3. The summed E-state index contributed by atoms with van der Waals surface area (Å²) in [5.74, 6) is -7.42. The van der Waals surface area contributed by atoms with Crippen molar-refractivity contribution >= 4 is 140 Å². The molecule has 14 N–H and O–H groups in total. The van der Waals surface area contributed by atoms with Crippen LogP contribution in [0.1, 0.15) is 150 Å². The number of hydrogen-bond acceptors (Lipinski definition) is 27. The average molecular weight is 1900 g/mol. The minimum absolute atomic E-state index is 0.0121. The van der Waals surface area contributed by atoms with Crippen LogP contribution in [0, 0.1) is 20.8 Å². The quantitative estimate of drug-likeness (QED) is 0.0243. The number of carbonyl (C=O) groups excluding carboxylic acids is 12. The SMILES string of the molecule is Cc1sc2c(c1C)C(c1ccc(Cl)cc1)=N[C@@H](CC(=O)Nc1ccc(OCCOCCOCCNC(=O)[C@@H](CCC(=O)O)NC(=O)[C@@H](CCC(=O)O)NC(=O)CCOCCOCCOCCNC(=O)CCNC(=O)c3nc(NC(=O)CCNC(=O)c4cc(NC(=O)c5nc(NC(=O)CCNC(=O)c6cc(NC(=O)c7nccn7C)cn6C)cn5C)cn4C)cn3C)cc1)c1nnc(C)n1-2. The molecule has 1 aliphatic rings. The van der Waals surface area contributed by atoms with Crippen molar-refractivity contribution in [1.82, 2.24) is 89.8 Å². The molecule has 0 bridgehead atoms. The first kappa shape index (κ1) is 102. The molecular weight excluding hydrogens is 1790 g/mol. The summed E-state index contributed by atoms with van der Waals surface area (Å²) in [4.78, 5) is 198. The maximum Gasteiger partial charge on any atom is 0.303 e. The number of amides is 12. The second-order valence-electron chi connectivity index (χ2n) is 30.5. The van der Waals surface area contributed by atoms with Gasteiger partial charge in [0.05, 0.1) is 89.6 Å². The summed E-state index contributed by atoms with van der Waals surface area (Å²) in [6, 6.07) is 13.8. The lowest BCUT2D eigenvalue weighted by atomic mass is 9.99. The summed E-state index contributed by atoms with van der Waals surface area (Å²) < 4.78 is 42.8. The fourth-order valence-corrected chi connectivity index (χ4v) is 14.8. The van der Waals surface area contributed by atoms with Gasteiger partial charge in [-0.1, -0.05) is 23.7 Å². The fraction of sp³-hybridized carbons (Fsp3) is 0.419. The van der Waals surface area contributed by atoms with Crippen LogP contribution in [0.25, 0.3) is 5.00 Å². The van der Waals surface area contributed by atoms with E-state index in [1.54, 1.807) is 80.8 Å². The minimum atomic E-state index is -1.41. The third kappa shape index (κ3) is 30.6. The number of ether oxygens (including phenoxy) is 6. The molecule has 0 saturated heterocycles. The van der Waals surface area contributed by atoms with Crippen LogP contribution in [-0.4, -0.2) is 269 Å². The number of benzene rings is 2. The Kier molecular flexibility index (Phi) is 38.2. The van der Waals surface area contributed by atoms with Crippen molar-refractivity contribution in [2.24, 2.45) is 40.2 Å². The monoisotopic (exact) mass is 1890 g/mol. The van der Waals surface area contributed by atoms with Gasteiger partial charge in [-0.25, -0.2) is 15.0 Å². The third-order valence-corrected chi connectivity index (χ3v) is 21.7. The molecule has 7 aromatic heterocycles. The smallest absolute Gasteiger partial charge is 0.303 e. The summed E-state index contributed by atoms with van der Waals surface area (Å²) in [6.07, 6.45) is 6.60. The first-order valence-corrected chi connectivity index (χ1v) is 43.7. The lowest BCUT2D eigenvalue weighted by Crippen LogP contribution is -2.54. The van der Waals surface area contributed by atoms with E-state index >= 15 is 0 Å². The van der Waals surface area contributed by atoms with Crippen molar-refractivity contribution in [3.05, 3.63) is 165 Å². The number of carboxylic acid groups (broad SMARTS) is 2. The zero-order valence-corrected chi connectivity index (χ0v) is 76.4. The molecule has 0 unspecified atom stereocenters. The zero-order chi connectivity index (χ0) is 96.5. The first-order chi connectivity index (χ1) is 64.2. The third-order valence-electron chi connectivity index (χ3n) is 20.3. The van der Waals surface area contributed by atoms with E-state index in [1.807, 2.05) is 35.8 Å². The number of imidazole rings is 3. The van der Waals surface area contributed by atoms with E-state index < -0.39 is 102 Å². The average Bonchev–Trinajstić information content (AvgIpc) is 1.59. The minimum Gasteiger partial charge on any atom is -0.491 e. The molecule has 0 saturated carbocycles. The van der Waals surface area contributed by atoms with Crippen LogP contribution in [0.15, 0.2) is 103 Å². The van der Waals surface area contributed by atoms with Crippen LogP contribution < -0.4 is 68.5 Å². The highest BCUT2D eigenvalue weighted by Crippen LogP contribution is 2.40. The van der Waals surface area contributed by atoms with Crippen LogP contribution in [0.3, 0.4) is 0 Å². The number of nitrogens with zero attached hydrogens (tertiary/aromatic N) is 12. The number of thiophene rings is 1. The molecule has 0 spiro atoms. The molecule has 10 rings (SSSR count). The van der Waals surface area contributed by atoms with Crippen LogP contribution in [0.4, 0.5) is 28.7 Å². The molecule has 48 heteroatoms. The Morgan fingerprint density at radius 3 is 1.52 bits per heavy atom. The van der Waals surface area contributed by atoms with E-state index in [1.165, 1.54) is 62.2 Å². The highest BCUT2D eigenvalue weighted by Gasteiger charge is 2.34. The number of rotatable bonds is 54. The number of aryl methyl sites for hydroxylation is 7. The van der Waals surface area contributed by atoms with Gasteiger partial charge in [0, 0.05) is 170 Å². The normalized spacial score (nSPS) is 12.5. The van der Waals surface area contributed by atoms with Gasteiger partial charge in [0.25, 0.3) is 29.5 Å². The number of carbonyl (C=O) groups is 14. The summed E-state index contributed by atoms with van der Waals surface area (Å²) in [5, 5.41) is 60.8. The van der Waals surface area contributed by atoms with Gasteiger partial charge in [-0.3, -0.25) is 76.7 Å². The van der Waals surface area contributed by atoms with Crippen molar-refractivity contribution < 1.29 is 106 Å². The summed E-state index contributed by atoms with van der Waals surface area (Å²) in [6.45, 7) is 7.13. The fourth-order valence-electron chi connectivity index (χ4n) is 13.4. The van der Waals surface area contributed by atoms with E-state index in [9.17, 15) is 77.3 Å². The number of aliphatic imine (C=N–C) groups is 1. The number of carboxylic acids is 2.